The fourth-order valence-corrected chi connectivity index (χ4v) is 1.09. The zero-order valence-corrected chi connectivity index (χ0v) is 6.06. The van der Waals surface area contributed by atoms with E-state index in [1.54, 1.807) is 25.4 Å². The third-order valence-corrected chi connectivity index (χ3v) is 1.72. The van der Waals surface area contributed by atoms with Gasteiger partial charge in [-0.25, -0.2) is 4.39 Å². The first-order chi connectivity index (χ1) is 5.29. The van der Waals surface area contributed by atoms with Crippen molar-refractivity contribution in [2.24, 2.45) is 0 Å². The predicted molar refractivity (Wildman–Crippen MR) is 40.8 cm³/mol. The average Bonchev–Trinajstić information content (AvgIpc) is 2.45. The van der Waals surface area contributed by atoms with Gasteiger partial charge in [0, 0.05) is 11.6 Å². The summed E-state index contributed by atoms with van der Waals surface area (Å²) in [5, 5.41) is 0.609. The van der Waals surface area contributed by atoms with E-state index in [9.17, 15) is 4.39 Å². The zero-order valence-electron chi connectivity index (χ0n) is 6.06. The summed E-state index contributed by atoms with van der Waals surface area (Å²) in [6.45, 7) is 1.65. The number of nitrogens with one attached hydrogen (secondary N) is 1. The van der Waals surface area contributed by atoms with Crippen molar-refractivity contribution in [2.75, 3.05) is 0 Å². The van der Waals surface area contributed by atoms with Crippen molar-refractivity contribution in [3.63, 3.8) is 0 Å². The van der Waals surface area contributed by atoms with E-state index in [1.165, 1.54) is 0 Å². The Hall–Kier alpha value is -1.38. The molecule has 11 heavy (non-hydrogen) atoms. The average molecular weight is 150 g/mol. The molecule has 3 heteroatoms. The van der Waals surface area contributed by atoms with Crippen LogP contribution in [0.25, 0.3) is 10.9 Å². The minimum absolute atomic E-state index is 0.233. The summed E-state index contributed by atoms with van der Waals surface area (Å²) in [7, 11) is 0. The fraction of sp³-hybridized carbons (Fsp3) is 0.125. The van der Waals surface area contributed by atoms with Gasteiger partial charge in [-0.3, -0.25) is 4.98 Å². The molecule has 0 amide bonds. The van der Waals surface area contributed by atoms with Gasteiger partial charge >= 0.3 is 0 Å². The summed E-state index contributed by atoms with van der Waals surface area (Å²) >= 11 is 0. The van der Waals surface area contributed by atoms with Gasteiger partial charge in [-0.15, -0.1) is 0 Å². The summed E-state index contributed by atoms with van der Waals surface area (Å²) in [6.07, 6.45) is 3.34. The van der Waals surface area contributed by atoms with Crippen LogP contribution in [0.1, 0.15) is 5.69 Å². The number of pyridine rings is 1. The molecule has 0 saturated heterocycles. The number of fused-ring (bicyclic) bond motifs is 1. The van der Waals surface area contributed by atoms with Gasteiger partial charge in [0.25, 0.3) is 0 Å². The smallest absolute Gasteiger partial charge is 0.153 e. The SMILES string of the molecule is Cc1ncc2[nH]ccc2c1F. The normalized spacial score (nSPS) is 10.7. The highest BCUT2D eigenvalue weighted by Crippen LogP contribution is 2.16. The quantitative estimate of drug-likeness (QED) is 0.611. The molecule has 0 unspecified atom stereocenters. The number of nitrogens with zero attached hydrogens (tertiary/aromatic N) is 1. The van der Waals surface area contributed by atoms with Crippen LogP contribution in [0, 0.1) is 12.7 Å². The lowest BCUT2D eigenvalue weighted by molar-refractivity contribution is 0.622. The van der Waals surface area contributed by atoms with Crippen LogP contribution in [0.4, 0.5) is 4.39 Å². The molecule has 2 aromatic heterocycles. The van der Waals surface area contributed by atoms with Crippen LogP contribution in [0.5, 0.6) is 0 Å². The lowest BCUT2D eigenvalue weighted by Gasteiger charge is -1.94. The van der Waals surface area contributed by atoms with Crippen LogP contribution < -0.4 is 0 Å². The topological polar surface area (TPSA) is 28.7 Å². The monoisotopic (exact) mass is 150 g/mol. The molecule has 0 saturated carbocycles. The Bertz CT molecular complexity index is 392. The van der Waals surface area contributed by atoms with Crippen LogP contribution in [-0.4, -0.2) is 9.97 Å². The van der Waals surface area contributed by atoms with Crippen molar-refractivity contribution in [3.05, 3.63) is 30.0 Å². The molecule has 0 atom stereocenters. The predicted octanol–water partition coefficient (Wildman–Crippen LogP) is 2.01. The van der Waals surface area contributed by atoms with Gasteiger partial charge in [0.15, 0.2) is 5.82 Å². The van der Waals surface area contributed by atoms with Gasteiger partial charge < -0.3 is 4.98 Å². The Labute approximate surface area is 63.1 Å². The van der Waals surface area contributed by atoms with Crippen molar-refractivity contribution in [2.45, 2.75) is 6.92 Å². The summed E-state index contributed by atoms with van der Waals surface area (Å²) in [6, 6.07) is 1.71. The van der Waals surface area contributed by atoms with Crippen LogP contribution in [0.3, 0.4) is 0 Å². The van der Waals surface area contributed by atoms with E-state index < -0.39 is 0 Å². The van der Waals surface area contributed by atoms with E-state index in [1.807, 2.05) is 0 Å². The molecular weight excluding hydrogens is 143 g/mol. The lowest BCUT2D eigenvalue weighted by atomic mass is 10.2. The van der Waals surface area contributed by atoms with E-state index in [4.69, 9.17) is 0 Å². The number of hydrogen-bond donors (Lipinski definition) is 1. The standard InChI is InChI=1S/C8H7FN2/c1-5-8(9)6-2-3-10-7(6)4-11-5/h2-4,10H,1H3. The Morgan fingerprint density at radius 3 is 3.18 bits per heavy atom. The maximum absolute atomic E-state index is 13.1. The highest BCUT2D eigenvalue weighted by atomic mass is 19.1. The summed E-state index contributed by atoms with van der Waals surface area (Å²) in [5.74, 6) is -0.233. The highest BCUT2D eigenvalue weighted by Gasteiger charge is 2.04. The van der Waals surface area contributed by atoms with Crippen molar-refractivity contribution in [1.82, 2.24) is 9.97 Å². The molecule has 1 N–H and O–H groups in total. The van der Waals surface area contributed by atoms with Crippen molar-refractivity contribution < 1.29 is 4.39 Å². The molecule has 0 fully saturated rings. The van der Waals surface area contributed by atoms with Crippen LogP contribution >= 0.6 is 0 Å². The van der Waals surface area contributed by atoms with Crippen LogP contribution in [0.15, 0.2) is 18.5 Å². The fourth-order valence-electron chi connectivity index (χ4n) is 1.09. The Balaban J connectivity index is 2.93. The maximum Gasteiger partial charge on any atom is 0.153 e. The molecule has 0 aliphatic heterocycles. The molecule has 0 aliphatic carbocycles. The largest absolute Gasteiger partial charge is 0.360 e. The molecule has 2 nitrogen and oxygen atoms in total. The van der Waals surface area contributed by atoms with E-state index in [-0.39, 0.29) is 5.82 Å². The minimum Gasteiger partial charge on any atom is -0.360 e. The number of aryl methyl sites for hydroxylation is 1. The first kappa shape index (κ1) is 6.34. The number of aromatic amines is 1. The number of aromatic nitrogens is 2. The van der Waals surface area contributed by atoms with Gasteiger partial charge in [0.1, 0.15) is 0 Å². The molecule has 0 spiro atoms. The number of hydrogen-bond acceptors (Lipinski definition) is 1. The second-order valence-electron chi connectivity index (χ2n) is 2.46. The summed E-state index contributed by atoms with van der Waals surface area (Å²) in [4.78, 5) is 6.76. The van der Waals surface area contributed by atoms with E-state index >= 15 is 0 Å². The highest BCUT2D eigenvalue weighted by molar-refractivity contribution is 5.79. The molecule has 0 aromatic carbocycles. The Morgan fingerprint density at radius 2 is 2.36 bits per heavy atom. The molecule has 0 aliphatic rings. The Kier molecular flexibility index (Phi) is 1.18. The molecular formula is C8H7FN2. The van der Waals surface area contributed by atoms with Gasteiger partial charge in [-0.2, -0.15) is 0 Å². The molecule has 2 rings (SSSR count). The molecule has 2 heterocycles. The second kappa shape index (κ2) is 2.05. The third kappa shape index (κ3) is 0.808. The van der Waals surface area contributed by atoms with E-state index in [0.717, 1.165) is 5.52 Å². The van der Waals surface area contributed by atoms with Crippen molar-refractivity contribution >= 4 is 10.9 Å². The molecule has 2 aromatic rings. The number of rotatable bonds is 0. The molecule has 0 bridgehead atoms. The number of H-pyrrole nitrogens is 1. The van der Waals surface area contributed by atoms with Gasteiger partial charge in [-0.05, 0) is 13.0 Å². The van der Waals surface area contributed by atoms with Gasteiger partial charge in [0.05, 0.1) is 17.4 Å². The minimum atomic E-state index is -0.233. The van der Waals surface area contributed by atoms with Gasteiger partial charge in [0.2, 0.25) is 0 Å². The molecule has 0 radical (unpaired) electrons. The van der Waals surface area contributed by atoms with Crippen LogP contribution in [0.2, 0.25) is 0 Å². The van der Waals surface area contributed by atoms with E-state index in [0.29, 0.717) is 11.1 Å². The third-order valence-electron chi connectivity index (χ3n) is 1.72. The number of halogens is 1. The Morgan fingerprint density at radius 1 is 1.55 bits per heavy atom. The summed E-state index contributed by atoms with van der Waals surface area (Å²) in [5.41, 5.74) is 1.19. The second-order valence-corrected chi connectivity index (χ2v) is 2.46. The van der Waals surface area contributed by atoms with Crippen molar-refractivity contribution in [1.29, 1.82) is 0 Å². The van der Waals surface area contributed by atoms with Crippen molar-refractivity contribution in [3.8, 4) is 0 Å². The summed E-state index contributed by atoms with van der Waals surface area (Å²) < 4.78 is 13.1. The first-order valence-electron chi connectivity index (χ1n) is 3.37. The van der Waals surface area contributed by atoms with E-state index in [2.05, 4.69) is 9.97 Å². The van der Waals surface area contributed by atoms with Gasteiger partial charge in [-0.1, -0.05) is 0 Å². The van der Waals surface area contributed by atoms with Crippen LogP contribution in [-0.2, 0) is 0 Å². The molecule has 56 valence electrons. The lowest BCUT2D eigenvalue weighted by Crippen LogP contribution is -1.86. The maximum atomic E-state index is 13.1. The first-order valence-corrected chi connectivity index (χ1v) is 3.37. The zero-order chi connectivity index (χ0) is 7.84.